The first kappa shape index (κ1) is 19.7. The number of amidine groups is 2. The third-order valence-corrected chi connectivity index (χ3v) is 4.87. The van der Waals surface area contributed by atoms with Crippen LogP contribution in [-0.2, 0) is 0 Å². The molecule has 0 aliphatic carbocycles. The molecule has 2 aromatic carbocycles. The molecular formula is C20H24N4O4. The van der Waals surface area contributed by atoms with Crippen molar-refractivity contribution in [3.8, 4) is 0 Å². The third kappa shape index (κ3) is 3.64. The lowest BCUT2D eigenvalue weighted by Crippen LogP contribution is -2.58. The van der Waals surface area contributed by atoms with E-state index in [1.807, 2.05) is 60.7 Å². The highest BCUT2D eigenvalue weighted by atomic mass is 16.4. The number of β-amino-alcohol motifs (C(OH)–C–C–N with tert-alkyl or cyclic N) is 2. The molecule has 0 saturated carbocycles. The highest BCUT2D eigenvalue weighted by Gasteiger charge is 2.45. The maximum Gasteiger partial charge on any atom is 0.215 e. The predicted molar refractivity (Wildman–Crippen MR) is 104 cm³/mol. The van der Waals surface area contributed by atoms with E-state index >= 15 is 0 Å². The molecule has 1 aliphatic heterocycles. The van der Waals surface area contributed by atoms with Crippen molar-refractivity contribution in [1.29, 1.82) is 0 Å². The lowest BCUT2D eigenvalue weighted by Gasteiger charge is -2.49. The van der Waals surface area contributed by atoms with Gasteiger partial charge in [-0.2, -0.15) is 0 Å². The number of aliphatic hydroxyl groups excluding tert-OH is 2. The molecular weight excluding hydrogens is 360 g/mol. The molecule has 2 unspecified atom stereocenters. The SMILES string of the molecule is OCCN1C(=NO)C(=NO)N(CCO)C(c2ccccc2)C1c1ccccc1. The molecule has 1 aliphatic rings. The molecule has 28 heavy (non-hydrogen) atoms. The lowest BCUT2D eigenvalue weighted by atomic mass is 9.88. The monoisotopic (exact) mass is 384 g/mol. The first-order valence-electron chi connectivity index (χ1n) is 9.06. The van der Waals surface area contributed by atoms with Gasteiger partial charge in [-0.05, 0) is 11.1 Å². The molecule has 148 valence electrons. The zero-order valence-electron chi connectivity index (χ0n) is 15.3. The molecule has 0 spiro atoms. The van der Waals surface area contributed by atoms with Crippen LogP contribution in [0.1, 0.15) is 23.2 Å². The number of hydrogen-bond acceptors (Lipinski definition) is 6. The molecule has 1 fully saturated rings. The van der Waals surface area contributed by atoms with Gasteiger partial charge in [-0.3, -0.25) is 0 Å². The van der Waals surface area contributed by atoms with Crippen molar-refractivity contribution in [2.24, 2.45) is 10.3 Å². The number of benzene rings is 2. The molecule has 2 atom stereocenters. The second kappa shape index (κ2) is 9.20. The summed E-state index contributed by atoms with van der Waals surface area (Å²) < 4.78 is 0. The highest BCUT2D eigenvalue weighted by molar-refractivity contribution is 6.40. The van der Waals surface area contributed by atoms with E-state index in [1.165, 1.54) is 0 Å². The third-order valence-electron chi connectivity index (χ3n) is 4.87. The fraction of sp³-hybridized carbons (Fsp3) is 0.300. The van der Waals surface area contributed by atoms with Crippen LogP contribution >= 0.6 is 0 Å². The standard InChI is InChI=1S/C20H24N4O4/c25-13-11-23-17(15-7-3-1-4-8-15)18(16-9-5-2-6-10-16)24(12-14-26)20(22-28)19(23)21-27/h1-10,17-18,25-28H,11-14H2. The summed E-state index contributed by atoms with van der Waals surface area (Å²) in [5.41, 5.74) is 1.87. The zero-order chi connectivity index (χ0) is 19.9. The van der Waals surface area contributed by atoms with E-state index in [2.05, 4.69) is 10.3 Å². The van der Waals surface area contributed by atoms with Gasteiger partial charge in [0.15, 0.2) is 0 Å². The van der Waals surface area contributed by atoms with Gasteiger partial charge in [-0.1, -0.05) is 71.0 Å². The van der Waals surface area contributed by atoms with Crippen molar-refractivity contribution in [2.45, 2.75) is 12.1 Å². The minimum Gasteiger partial charge on any atom is -0.409 e. The Bertz CT molecular complexity index is 744. The minimum absolute atomic E-state index is 0.0334. The predicted octanol–water partition coefficient (Wildman–Crippen LogP) is 1.65. The van der Waals surface area contributed by atoms with Gasteiger partial charge < -0.3 is 30.4 Å². The average Bonchev–Trinajstić information content (AvgIpc) is 2.75. The Morgan fingerprint density at radius 2 is 1.00 bits per heavy atom. The fourth-order valence-electron chi connectivity index (χ4n) is 3.80. The molecule has 0 bridgehead atoms. The Morgan fingerprint density at radius 1 is 0.643 bits per heavy atom. The molecule has 1 saturated heterocycles. The Balaban J connectivity index is 2.24. The summed E-state index contributed by atoms with van der Waals surface area (Å²) in [6.07, 6.45) is 0. The van der Waals surface area contributed by atoms with Gasteiger partial charge in [0, 0.05) is 13.1 Å². The Kier molecular flexibility index (Phi) is 6.46. The summed E-state index contributed by atoms with van der Waals surface area (Å²) in [5.74, 6) is 0.0667. The Morgan fingerprint density at radius 3 is 1.29 bits per heavy atom. The van der Waals surface area contributed by atoms with Crippen LogP contribution in [0.2, 0.25) is 0 Å². The van der Waals surface area contributed by atoms with Crippen molar-refractivity contribution < 1.29 is 20.6 Å². The average molecular weight is 384 g/mol. The van der Waals surface area contributed by atoms with Gasteiger partial charge in [0.25, 0.3) is 0 Å². The van der Waals surface area contributed by atoms with Crippen LogP contribution in [0.3, 0.4) is 0 Å². The van der Waals surface area contributed by atoms with Crippen LogP contribution in [0, 0.1) is 0 Å². The van der Waals surface area contributed by atoms with Gasteiger partial charge in [0.2, 0.25) is 11.7 Å². The van der Waals surface area contributed by atoms with E-state index in [-0.39, 0.29) is 50.1 Å². The van der Waals surface area contributed by atoms with Gasteiger partial charge >= 0.3 is 0 Å². The second-order valence-corrected chi connectivity index (χ2v) is 6.39. The Labute approximate surface area is 163 Å². The van der Waals surface area contributed by atoms with E-state index in [1.54, 1.807) is 9.80 Å². The molecule has 8 heteroatoms. The van der Waals surface area contributed by atoms with E-state index in [0.29, 0.717) is 0 Å². The molecule has 1 heterocycles. The molecule has 3 rings (SSSR count). The second-order valence-electron chi connectivity index (χ2n) is 6.39. The normalized spacial score (nSPS) is 22.8. The van der Waals surface area contributed by atoms with Crippen LogP contribution in [0.15, 0.2) is 71.0 Å². The molecule has 8 nitrogen and oxygen atoms in total. The Hall–Kier alpha value is -3.10. The van der Waals surface area contributed by atoms with Crippen LogP contribution in [0.4, 0.5) is 0 Å². The molecule has 4 N–H and O–H groups in total. The smallest absolute Gasteiger partial charge is 0.215 e. The number of aliphatic hydroxyl groups is 2. The van der Waals surface area contributed by atoms with Crippen molar-refractivity contribution in [3.05, 3.63) is 71.8 Å². The van der Waals surface area contributed by atoms with E-state index in [4.69, 9.17) is 0 Å². The first-order valence-corrected chi connectivity index (χ1v) is 9.06. The van der Waals surface area contributed by atoms with Crippen LogP contribution in [0.25, 0.3) is 0 Å². The molecule has 0 radical (unpaired) electrons. The summed E-state index contributed by atoms with van der Waals surface area (Å²) in [6, 6.07) is 18.6. The number of nitrogens with zero attached hydrogens (tertiary/aromatic N) is 4. The molecule has 0 amide bonds. The van der Waals surface area contributed by atoms with Gasteiger partial charge in [0.1, 0.15) is 0 Å². The van der Waals surface area contributed by atoms with Gasteiger partial charge in [-0.15, -0.1) is 0 Å². The van der Waals surface area contributed by atoms with Gasteiger partial charge in [-0.25, -0.2) is 0 Å². The lowest BCUT2D eigenvalue weighted by molar-refractivity contribution is 0.113. The maximum absolute atomic E-state index is 9.68. The quantitative estimate of drug-likeness (QED) is 0.445. The number of hydrogen-bond donors (Lipinski definition) is 4. The highest BCUT2D eigenvalue weighted by Crippen LogP contribution is 2.42. The number of piperazine rings is 1. The minimum atomic E-state index is -0.348. The fourth-order valence-corrected chi connectivity index (χ4v) is 3.80. The van der Waals surface area contributed by atoms with Crippen LogP contribution < -0.4 is 0 Å². The van der Waals surface area contributed by atoms with Crippen molar-refractivity contribution >= 4 is 11.7 Å². The largest absolute Gasteiger partial charge is 0.409 e. The summed E-state index contributed by atoms with van der Waals surface area (Å²) in [4.78, 5) is 3.44. The zero-order valence-corrected chi connectivity index (χ0v) is 15.3. The van der Waals surface area contributed by atoms with Crippen LogP contribution in [0.5, 0.6) is 0 Å². The van der Waals surface area contributed by atoms with E-state index in [9.17, 15) is 20.6 Å². The van der Waals surface area contributed by atoms with Crippen molar-refractivity contribution in [2.75, 3.05) is 26.3 Å². The summed E-state index contributed by atoms with van der Waals surface area (Å²) >= 11 is 0. The van der Waals surface area contributed by atoms with Crippen LogP contribution in [-0.4, -0.2) is 68.4 Å². The number of oxime groups is 2. The van der Waals surface area contributed by atoms with E-state index < -0.39 is 0 Å². The molecule has 0 aromatic heterocycles. The summed E-state index contributed by atoms with van der Waals surface area (Å²) in [7, 11) is 0. The van der Waals surface area contributed by atoms with Crippen molar-refractivity contribution in [3.63, 3.8) is 0 Å². The summed E-state index contributed by atoms with van der Waals surface area (Å²) in [5, 5.41) is 45.4. The van der Waals surface area contributed by atoms with Crippen molar-refractivity contribution in [1.82, 2.24) is 9.80 Å². The topological polar surface area (TPSA) is 112 Å². The number of rotatable bonds is 6. The first-order chi connectivity index (χ1) is 13.8. The maximum atomic E-state index is 9.68. The van der Waals surface area contributed by atoms with E-state index in [0.717, 1.165) is 11.1 Å². The molecule has 2 aromatic rings. The summed E-state index contributed by atoms with van der Waals surface area (Å²) in [6.45, 7) is -0.00626. The van der Waals surface area contributed by atoms with Gasteiger partial charge in [0.05, 0.1) is 25.3 Å².